The first-order valence-electron chi connectivity index (χ1n) is 9.07. The molecule has 2 aromatic rings. The van der Waals surface area contributed by atoms with E-state index in [1.54, 1.807) is 13.2 Å². The zero-order chi connectivity index (χ0) is 19.4. The summed E-state index contributed by atoms with van der Waals surface area (Å²) in [5.74, 6) is 0.436. The fourth-order valence-electron chi connectivity index (χ4n) is 3.79. The Hall–Kier alpha value is -1.92. The number of nitrogens with one attached hydrogen (secondary N) is 1. The number of halogens is 2. The summed E-state index contributed by atoms with van der Waals surface area (Å²) < 4.78 is 19.3. The molecule has 6 heteroatoms. The third kappa shape index (κ3) is 4.68. The summed E-state index contributed by atoms with van der Waals surface area (Å²) >= 11 is 3.32. The number of hydrogen-bond acceptors (Lipinski definition) is 3. The second-order valence-corrected chi connectivity index (χ2v) is 7.79. The van der Waals surface area contributed by atoms with Gasteiger partial charge in [-0.1, -0.05) is 12.1 Å². The van der Waals surface area contributed by atoms with E-state index in [9.17, 15) is 9.18 Å². The number of ether oxygens (including phenoxy) is 1. The topological polar surface area (TPSA) is 41.6 Å². The lowest BCUT2D eigenvalue weighted by Crippen LogP contribution is -2.41. The Morgan fingerprint density at radius 3 is 2.74 bits per heavy atom. The zero-order valence-electron chi connectivity index (χ0n) is 15.5. The summed E-state index contributed by atoms with van der Waals surface area (Å²) in [7, 11) is 3.77. The Morgan fingerprint density at radius 1 is 1.30 bits per heavy atom. The number of carbonyl (C=O) groups is 1. The zero-order valence-corrected chi connectivity index (χ0v) is 17.1. The van der Waals surface area contributed by atoms with E-state index in [2.05, 4.69) is 45.3 Å². The van der Waals surface area contributed by atoms with E-state index >= 15 is 0 Å². The average Bonchev–Trinajstić information content (AvgIpc) is 2.68. The standard InChI is InChI=1S/C21H24BrFN2O2/c1-25-11-3-4-15(20(25)14-5-8-17(27-2)9-6-14)13-24-21(26)18-12-16(23)7-10-19(18)22/h5-10,12,15,20H,3-4,11,13H2,1-2H3,(H,24,26). The van der Waals surface area contributed by atoms with E-state index in [0.29, 0.717) is 16.6 Å². The molecule has 4 nitrogen and oxygen atoms in total. The molecule has 1 amide bonds. The fraction of sp³-hybridized carbons (Fsp3) is 0.381. The van der Waals surface area contributed by atoms with Crippen molar-refractivity contribution in [2.75, 3.05) is 27.2 Å². The van der Waals surface area contributed by atoms with Crippen LogP contribution in [0.3, 0.4) is 0 Å². The van der Waals surface area contributed by atoms with Crippen LogP contribution in [-0.4, -0.2) is 38.1 Å². The Kier molecular flexibility index (Phi) is 6.50. The number of amides is 1. The summed E-state index contributed by atoms with van der Waals surface area (Å²) in [5, 5.41) is 2.99. The lowest BCUT2D eigenvalue weighted by atomic mass is 9.85. The third-order valence-electron chi connectivity index (χ3n) is 5.16. The third-order valence-corrected chi connectivity index (χ3v) is 5.85. The summed E-state index contributed by atoms with van der Waals surface area (Å²) in [4.78, 5) is 14.9. The molecule has 3 rings (SSSR count). The van der Waals surface area contributed by atoms with Gasteiger partial charge in [-0.15, -0.1) is 0 Å². The van der Waals surface area contributed by atoms with E-state index in [4.69, 9.17) is 4.74 Å². The second kappa shape index (κ2) is 8.85. The monoisotopic (exact) mass is 434 g/mol. The molecule has 0 saturated carbocycles. The minimum atomic E-state index is -0.420. The van der Waals surface area contributed by atoms with Gasteiger partial charge in [0.25, 0.3) is 5.91 Å². The van der Waals surface area contributed by atoms with Crippen molar-refractivity contribution >= 4 is 21.8 Å². The van der Waals surface area contributed by atoms with Crippen molar-refractivity contribution in [3.63, 3.8) is 0 Å². The van der Waals surface area contributed by atoms with Crippen LogP contribution in [0.15, 0.2) is 46.9 Å². The Bertz CT molecular complexity index is 797. The molecule has 0 aliphatic carbocycles. The first kappa shape index (κ1) is 19.8. The van der Waals surface area contributed by atoms with Gasteiger partial charge in [0, 0.05) is 17.1 Å². The average molecular weight is 435 g/mol. The number of nitrogens with zero attached hydrogens (tertiary/aromatic N) is 1. The van der Waals surface area contributed by atoms with Gasteiger partial charge >= 0.3 is 0 Å². The van der Waals surface area contributed by atoms with Gasteiger partial charge in [0.15, 0.2) is 0 Å². The maximum absolute atomic E-state index is 13.5. The summed E-state index contributed by atoms with van der Waals surface area (Å²) in [5.41, 5.74) is 1.53. The molecular weight excluding hydrogens is 411 g/mol. The lowest BCUT2D eigenvalue weighted by Gasteiger charge is -2.39. The van der Waals surface area contributed by atoms with Crippen LogP contribution in [0.4, 0.5) is 4.39 Å². The van der Waals surface area contributed by atoms with Crippen LogP contribution in [0.1, 0.15) is 34.8 Å². The Labute approximate surface area is 167 Å². The van der Waals surface area contributed by atoms with Gasteiger partial charge < -0.3 is 10.1 Å². The highest BCUT2D eigenvalue weighted by Gasteiger charge is 2.31. The predicted octanol–water partition coefficient (Wildman–Crippen LogP) is 4.41. The molecule has 1 fully saturated rings. The van der Waals surface area contributed by atoms with E-state index < -0.39 is 5.82 Å². The molecule has 1 aliphatic heterocycles. The maximum Gasteiger partial charge on any atom is 0.252 e. The second-order valence-electron chi connectivity index (χ2n) is 6.94. The van der Waals surface area contributed by atoms with Gasteiger partial charge in [-0.2, -0.15) is 0 Å². The molecule has 1 N–H and O–H groups in total. The van der Waals surface area contributed by atoms with Crippen LogP contribution in [0, 0.1) is 11.7 Å². The fourth-order valence-corrected chi connectivity index (χ4v) is 4.22. The van der Waals surface area contributed by atoms with E-state index in [-0.39, 0.29) is 17.9 Å². The van der Waals surface area contributed by atoms with Gasteiger partial charge in [0.1, 0.15) is 11.6 Å². The van der Waals surface area contributed by atoms with Crippen LogP contribution >= 0.6 is 15.9 Å². The highest BCUT2D eigenvalue weighted by atomic mass is 79.9. The van der Waals surface area contributed by atoms with E-state index in [1.165, 1.54) is 17.7 Å². The quantitative estimate of drug-likeness (QED) is 0.757. The van der Waals surface area contributed by atoms with Crippen molar-refractivity contribution in [2.24, 2.45) is 5.92 Å². The molecule has 0 aromatic heterocycles. The molecular formula is C21H24BrFN2O2. The minimum Gasteiger partial charge on any atom is -0.497 e. The Balaban J connectivity index is 1.73. The van der Waals surface area contributed by atoms with Crippen LogP contribution < -0.4 is 10.1 Å². The van der Waals surface area contributed by atoms with Crippen LogP contribution in [0.25, 0.3) is 0 Å². The number of rotatable bonds is 5. The van der Waals surface area contributed by atoms with Crippen LogP contribution in [0.2, 0.25) is 0 Å². The van der Waals surface area contributed by atoms with Gasteiger partial charge in [-0.25, -0.2) is 4.39 Å². The minimum absolute atomic E-state index is 0.223. The highest BCUT2D eigenvalue weighted by Crippen LogP contribution is 2.35. The van der Waals surface area contributed by atoms with Gasteiger partial charge in [-0.05, 0) is 84.2 Å². The molecule has 1 heterocycles. The molecule has 1 aliphatic rings. The predicted molar refractivity (Wildman–Crippen MR) is 108 cm³/mol. The summed E-state index contributed by atoms with van der Waals surface area (Å²) in [6.07, 6.45) is 2.12. The van der Waals surface area contributed by atoms with Crippen LogP contribution in [0.5, 0.6) is 5.75 Å². The molecule has 27 heavy (non-hydrogen) atoms. The normalized spacial score (nSPS) is 20.3. The van der Waals surface area contributed by atoms with Gasteiger partial charge in [0.05, 0.1) is 12.7 Å². The largest absolute Gasteiger partial charge is 0.497 e. The van der Waals surface area contributed by atoms with E-state index in [1.807, 2.05) is 12.1 Å². The van der Waals surface area contributed by atoms with Crippen molar-refractivity contribution in [1.29, 1.82) is 0 Å². The van der Waals surface area contributed by atoms with Crippen molar-refractivity contribution in [2.45, 2.75) is 18.9 Å². The van der Waals surface area contributed by atoms with Crippen LogP contribution in [-0.2, 0) is 0 Å². The molecule has 0 bridgehead atoms. The summed E-state index contributed by atoms with van der Waals surface area (Å²) in [6, 6.07) is 12.5. The number of likely N-dealkylation sites (tertiary alicyclic amines) is 1. The number of benzene rings is 2. The van der Waals surface area contributed by atoms with Gasteiger partial charge in [-0.3, -0.25) is 9.69 Å². The lowest BCUT2D eigenvalue weighted by molar-refractivity contribution is 0.0890. The maximum atomic E-state index is 13.5. The number of piperidine rings is 1. The van der Waals surface area contributed by atoms with Gasteiger partial charge in [0.2, 0.25) is 0 Å². The SMILES string of the molecule is COc1ccc(C2C(CNC(=O)c3cc(F)ccc3Br)CCCN2C)cc1. The number of methoxy groups -OCH3 is 1. The molecule has 2 atom stereocenters. The number of hydrogen-bond donors (Lipinski definition) is 1. The molecule has 0 radical (unpaired) electrons. The first-order valence-corrected chi connectivity index (χ1v) is 9.86. The van der Waals surface area contributed by atoms with Crippen molar-refractivity contribution in [1.82, 2.24) is 10.2 Å². The van der Waals surface area contributed by atoms with E-state index in [0.717, 1.165) is 25.1 Å². The molecule has 2 aromatic carbocycles. The molecule has 144 valence electrons. The highest BCUT2D eigenvalue weighted by molar-refractivity contribution is 9.10. The van der Waals surface area contributed by atoms with Crippen molar-refractivity contribution < 1.29 is 13.9 Å². The van der Waals surface area contributed by atoms with Crippen molar-refractivity contribution in [3.8, 4) is 5.75 Å². The molecule has 1 saturated heterocycles. The molecule has 0 spiro atoms. The van der Waals surface area contributed by atoms with Crippen molar-refractivity contribution in [3.05, 3.63) is 63.9 Å². The first-order chi connectivity index (χ1) is 13.0. The summed E-state index contributed by atoms with van der Waals surface area (Å²) in [6.45, 7) is 1.57. The smallest absolute Gasteiger partial charge is 0.252 e. The molecule has 2 unspecified atom stereocenters. The number of carbonyl (C=O) groups excluding carboxylic acids is 1. The Morgan fingerprint density at radius 2 is 2.04 bits per heavy atom.